The number of hydrogen-bond acceptors (Lipinski definition) is 5. The van der Waals surface area contributed by atoms with E-state index < -0.39 is 5.91 Å². The third-order valence-corrected chi connectivity index (χ3v) is 4.70. The lowest BCUT2D eigenvalue weighted by Crippen LogP contribution is -2.22. The fourth-order valence-electron chi connectivity index (χ4n) is 3.44. The summed E-state index contributed by atoms with van der Waals surface area (Å²) in [4.78, 5) is 18.1. The van der Waals surface area contributed by atoms with Gasteiger partial charge >= 0.3 is 0 Å². The van der Waals surface area contributed by atoms with Crippen LogP contribution in [0.2, 0.25) is 0 Å². The number of benzene rings is 1. The number of nitrogens with zero attached hydrogens (tertiary/aromatic N) is 4. The van der Waals surface area contributed by atoms with Gasteiger partial charge in [0.2, 0.25) is 0 Å². The third-order valence-electron chi connectivity index (χ3n) is 4.70. The molecule has 0 radical (unpaired) electrons. The number of amides is 1. The van der Waals surface area contributed by atoms with Gasteiger partial charge in [-0.1, -0.05) is 6.07 Å². The molecule has 3 aromatic rings. The first-order valence-corrected chi connectivity index (χ1v) is 8.18. The SMILES string of the molecule is Cn1ncc2cc(N3CC[C@@H](O)C3)c(-c3cccnc3C(N)=O)cc21. The minimum Gasteiger partial charge on any atom is -0.391 e. The molecular formula is C18H19N5O2. The monoisotopic (exact) mass is 337 g/mol. The Balaban J connectivity index is 1.98. The molecule has 7 nitrogen and oxygen atoms in total. The highest BCUT2D eigenvalue weighted by molar-refractivity contribution is 6.02. The van der Waals surface area contributed by atoms with Crippen LogP contribution in [0.25, 0.3) is 22.0 Å². The lowest BCUT2D eigenvalue weighted by Gasteiger charge is -2.22. The van der Waals surface area contributed by atoms with Gasteiger partial charge in [-0.25, -0.2) is 0 Å². The topological polar surface area (TPSA) is 97.3 Å². The van der Waals surface area contributed by atoms with E-state index in [0.717, 1.165) is 35.1 Å². The van der Waals surface area contributed by atoms with Gasteiger partial charge in [0.05, 0.1) is 17.8 Å². The van der Waals surface area contributed by atoms with Gasteiger partial charge in [0, 0.05) is 48.5 Å². The molecule has 0 spiro atoms. The quantitative estimate of drug-likeness (QED) is 0.751. The van der Waals surface area contributed by atoms with Crippen LogP contribution in [0.5, 0.6) is 0 Å². The zero-order chi connectivity index (χ0) is 17.6. The van der Waals surface area contributed by atoms with E-state index in [1.807, 2.05) is 31.4 Å². The molecule has 0 unspecified atom stereocenters. The van der Waals surface area contributed by atoms with E-state index in [-0.39, 0.29) is 11.8 Å². The standard InChI is InChI=1S/C18H19N5O2/c1-22-15-8-14(13-3-2-5-20-17(13)18(19)25)16(7-11(15)9-21-22)23-6-4-12(24)10-23/h2-3,5,7-9,12,24H,4,6,10H2,1H3,(H2,19,25)/t12-/m1/s1. The van der Waals surface area contributed by atoms with Crippen LogP contribution in [0.3, 0.4) is 0 Å². The predicted molar refractivity (Wildman–Crippen MR) is 95.3 cm³/mol. The second-order valence-electron chi connectivity index (χ2n) is 6.35. The van der Waals surface area contributed by atoms with E-state index in [0.29, 0.717) is 12.1 Å². The van der Waals surface area contributed by atoms with Crippen LogP contribution in [-0.2, 0) is 7.05 Å². The van der Waals surface area contributed by atoms with Gasteiger partial charge in [0.1, 0.15) is 5.69 Å². The lowest BCUT2D eigenvalue weighted by molar-refractivity contribution is 0.0996. The summed E-state index contributed by atoms with van der Waals surface area (Å²) in [5.74, 6) is -0.562. The Morgan fingerprint density at radius 3 is 2.92 bits per heavy atom. The molecule has 7 heteroatoms. The van der Waals surface area contributed by atoms with Crippen LogP contribution in [0.4, 0.5) is 5.69 Å². The molecule has 1 atom stereocenters. The lowest BCUT2D eigenvalue weighted by atomic mass is 9.99. The Morgan fingerprint density at radius 1 is 1.36 bits per heavy atom. The zero-order valence-electron chi connectivity index (χ0n) is 13.9. The van der Waals surface area contributed by atoms with E-state index in [1.54, 1.807) is 16.9 Å². The summed E-state index contributed by atoms with van der Waals surface area (Å²) < 4.78 is 1.79. The van der Waals surface area contributed by atoms with E-state index in [9.17, 15) is 9.90 Å². The highest BCUT2D eigenvalue weighted by Crippen LogP contribution is 2.37. The van der Waals surface area contributed by atoms with Crippen molar-refractivity contribution in [3.63, 3.8) is 0 Å². The number of fused-ring (bicyclic) bond motifs is 1. The molecule has 4 rings (SSSR count). The van der Waals surface area contributed by atoms with Crippen molar-refractivity contribution in [2.75, 3.05) is 18.0 Å². The Morgan fingerprint density at radius 2 is 2.20 bits per heavy atom. The molecule has 0 saturated carbocycles. The molecule has 1 fully saturated rings. The predicted octanol–water partition coefficient (Wildman–Crippen LogP) is 1.31. The van der Waals surface area contributed by atoms with Crippen molar-refractivity contribution < 1.29 is 9.90 Å². The van der Waals surface area contributed by atoms with Crippen molar-refractivity contribution >= 4 is 22.5 Å². The Kier molecular flexibility index (Phi) is 3.65. The molecule has 0 aliphatic carbocycles. The first-order valence-electron chi connectivity index (χ1n) is 8.18. The molecule has 2 aromatic heterocycles. The molecule has 1 aliphatic rings. The molecule has 1 saturated heterocycles. The van der Waals surface area contributed by atoms with E-state index in [2.05, 4.69) is 15.0 Å². The van der Waals surface area contributed by atoms with Gasteiger partial charge in [-0.2, -0.15) is 5.10 Å². The van der Waals surface area contributed by atoms with Crippen molar-refractivity contribution in [3.8, 4) is 11.1 Å². The number of β-amino-alcohol motifs (C(OH)–C–C–N with tert-alkyl or cyclic N) is 1. The molecule has 1 aromatic carbocycles. The maximum Gasteiger partial charge on any atom is 0.267 e. The molecule has 128 valence electrons. The number of aliphatic hydroxyl groups is 1. The van der Waals surface area contributed by atoms with Crippen LogP contribution >= 0.6 is 0 Å². The van der Waals surface area contributed by atoms with Gasteiger partial charge < -0.3 is 15.7 Å². The summed E-state index contributed by atoms with van der Waals surface area (Å²) in [5, 5.41) is 15.3. The van der Waals surface area contributed by atoms with Gasteiger partial charge in [0.15, 0.2) is 0 Å². The van der Waals surface area contributed by atoms with Gasteiger partial charge in [-0.05, 0) is 24.6 Å². The number of aliphatic hydroxyl groups excluding tert-OH is 1. The number of aryl methyl sites for hydroxylation is 1. The van der Waals surface area contributed by atoms with Gasteiger partial charge in [-0.3, -0.25) is 14.5 Å². The molecule has 3 heterocycles. The summed E-state index contributed by atoms with van der Waals surface area (Å²) in [5.41, 5.74) is 9.23. The number of rotatable bonds is 3. The van der Waals surface area contributed by atoms with Crippen molar-refractivity contribution in [3.05, 3.63) is 42.4 Å². The first kappa shape index (κ1) is 15.6. The maximum atomic E-state index is 11.8. The molecule has 3 N–H and O–H groups in total. The van der Waals surface area contributed by atoms with Crippen LogP contribution < -0.4 is 10.6 Å². The summed E-state index contributed by atoms with van der Waals surface area (Å²) in [6.07, 6.45) is 3.75. The third kappa shape index (κ3) is 2.62. The van der Waals surface area contributed by atoms with Crippen molar-refractivity contribution in [2.24, 2.45) is 12.8 Å². The van der Waals surface area contributed by atoms with E-state index in [4.69, 9.17) is 5.73 Å². The number of anilines is 1. The number of pyridine rings is 1. The fraction of sp³-hybridized carbons (Fsp3) is 0.278. The normalized spacial score (nSPS) is 17.4. The average molecular weight is 337 g/mol. The summed E-state index contributed by atoms with van der Waals surface area (Å²) in [6.45, 7) is 1.32. The largest absolute Gasteiger partial charge is 0.391 e. The Labute approximate surface area is 144 Å². The second kappa shape index (κ2) is 5.86. The highest BCUT2D eigenvalue weighted by atomic mass is 16.3. The van der Waals surface area contributed by atoms with Crippen LogP contribution in [0.15, 0.2) is 36.7 Å². The molecule has 25 heavy (non-hydrogen) atoms. The first-order chi connectivity index (χ1) is 12.0. The molecule has 1 amide bonds. The number of hydrogen-bond donors (Lipinski definition) is 2. The average Bonchev–Trinajstić information content (AvgIpc) is 3.20. The molecular weight excluding hydrogens is 318 g/mol. The van der Waals surface area contributed by atoms with Gasteiger partial charge in [-0.15, -0.1) is 0 Å². The Bertz CT molecular complexity index is 965. The second-order valence-corrected chi connectivity index (χ2v) is 6.35. The highest BCUT2D eigenvalue weighted by Gasteiger charge is 2.25. The van der Waals surface area contributed by atoms with Crippen molar-refractivity contribution in [2.45, 2.75) is 12.5 Å². The van der Waals surface area contributed by atoms with Crippen LogP contribution in [0, 0.1) is 0 Å². The van der Waals surface area contributed by atoms with Crippen LogP contribution in [-0.4, -0.2) is 45.0 Å². The van der Waals surface area contributed by atoms with E-state index >= 15 is 0 Å². The molecule has 0 bridgehead atoms. The number of nitrogens with two attached hydrogens (primary N) is 1. The number of primary amides is 1. The summed E-state index contributed by atoms with van der Waals surface area (Å²) >= 11 is 0. The number of carbonyl (C=O) groups excluding carboxylic acids is 1. The van der Waals surface area contributed by atoms with Gasteiger partial charge in [0.25, 0.3) is 5.91 Å². The minimum absolute atomic E-state index is 0.241. The Hall–Kier alpha value is -2.93. The smallest absolute Gasteiger partial charge is 0.267 e. The van der Waals surface area contributed by atoms with Crippen LogP contribution in [0.1, 0.15) is 16.9 Å². The maximum absolute atomic E-state index is 11.8. The van der Waals surface area contributed by atoms with Crippen molar-refractivity contribution in [1.82, 2.24) is 14.8 Å². The zero-order valence-corrected chi connectivity index (χ0v) is 13.9. The van der Waals surface area contributed by atoms with Crippen molar-refractivity contribution in [1.29, 1.82) is 0 Å². The number of aromatic nitrogens is 3. The summed E-state index contributed by atoms with van der Waals surface area (Å²) in [6, 6.07) is 7.69. The summed E-state index contributed by atoms with van der Waals surface area (Å²) in [7, 11) is 1.88. The molecule has 1 aliphatic heterocycles. The fourth-order valence-corrected chi connectivity index (χ4v) is 3.44. The van der Waals surface area contributed by atoms with E-state index in [1.165, 1.54) is 0 Å². The number of carbonyl (C=O) groups is 1. The minimum atomic E-state index is -0.562.